The number of nitrogens with zero attached hydrogens (tertiary/aromatic N) is 1. The second kappa shape index (κ2) is 10.8. The summed E-state index contributed by atoms with van der Waals surface area (Å²) in [6.45, 7) is 3.10. The zero-order valence-corrected chi connectivity index (χ0v) is 21.5. The van der Waals surface area contributed by atoms with Gasteiger partial charge in [-0.25, -0.2) is 4.79 Å². The molecule has 2 bridgehead atoms. The largest absolute Gasteiger partial charge is 0.496 e. The molecule has 0 aliphatic carbocycles. The van der Waals surface area contributed by atoms with E-state index in [1.54, 1.807) is 18.2 Å². The molecule has 0 saturated carbocycles. The van der Waals surface area contributed by atoms with Crippen molar-refractivity contribution in [2.24, 2.45) is 5.92 Å². The molecule has 198 valence electrons. The van der Waals surface area contributed by atoms with Gasteiger partial charge in [0, 0.05) is 28.7 Å². The first kappa shape index (κ1) is 27.0. The Kier molecular flexibility index (Phi) is 7.86. The summed E-state index contributed by atoms with van der Waals surface area (Å²) in [5.74, 6) is 0.104. The maximum atomic E-state index is 13.2. The molecule has 3 aromatic rings. The molecule has 1 aromatic heterocycles. The minimum absolute atomic E-state index is 0. The lowest BCUT2D eigenvalue weighted by molar-refractivity contribution is -0.138. The molecule has 2 aromatic carbocycles. The number of halogens is 4. The standard InChI is InChI=1S/C25H25F3N4O3S.ClH/c1-35-20-5-4-16(11-18(20)25(26,27)28)29-24(34)30-17-3-2-15-10-22(36-21(15)12-17)23(33)31-19-13-32-8-6-14(19)7-9-32;/h2-5,10-12,14,19H,6-9,13H2,1H3,(H,31,33)(H2,29,30,34);1H/t19-;/m0./s1. The summed E-state index contributed by atoms with van der Waals surface area (Å²) < 4.78 is 45.3. The van der Waals surface area contributed by atoms with Crippen LogP contribution < -0.4 is 20.7 Å². The number of carbonyl (C=O) groups is 2. The number of hydrogen-bond acceptors (Lipinski definition) is 5. The molecule has 3 saturated heterocycles. The zero-order valence-electron chi connectivity index (χ0n) is 19.9. The topological polar surface area (TPSA) is 82.7 Å². The highest BCUT2D eigenvalue weighted by Gasteiger charge is 2.36. The molecular weight excluding hydrogens is 529 g/mol. The van der Waals surface area contributed by atoms with E-state index in [0.29, 0.717) is 16.5 Å². The highest BCUT2D eigenvalue weighted by atomic mass is 35.5. The number of fused-ring (bicyclic) bond motifs is 4. The average Bonchev–Trinajstić information content (AvgIpc) is 3.28. The molecule has 0 unspecified atom stereocenters. The van der Waals surface area contributed by atoms with Gasteiger partial charge in [-0.05, 0) is 73.6 Å². The molecule has 37 heavy (non-hydrogen) atoms. The molecule has 6 rings (SSSR count). The number of urea groups is 1. The van der Waals surface area contributed by atoms with Crippen LogP contribution in [0.1, 0.15) is 28.1 Å². The molecule has 3 fully saturated rings. The van der Waals surface area contributed by atoms with Crippen molar-refractivity contribution < 1.29 is 27.5 Å². The maximum Gasteiger partial charge on any atom is 0.420 e. The van der Waals surface area contributed by atoms with E-state index in [-0.39, 0.29) is 35.8 Å². The second-order valence-corrected chi connectivity index (χ2v) is 10.2. The van der Waals surface area contributed by atoms with E-state index in [9.17, 15) is 22.8 Å². The quantitative estimate of drug-likeness (QED) is 0.371. The summed E-state index contributed by atoms with van der Waals surface area (Å²) in [6, 6.07) is 9.82. The van der Waals surface area contributed by atoms with Crippen molar-refractivity contribution in [1.29, 1.82) is 0 Å². The fraction of sp³-hybridized carbons (Fsp3) is 0.360. The molecule has 0 spiro atoms. The van der Waals surface area contributed by atoms with Crippen LogP contribution in [-0.2, 0) is 6.18 Å². The summed E-state index contributed by atoms with van der Waals surface area (Å²) in [4.78, 5) is 28.3. The van der Waals surface area contributed by atoms with Crippen LogP contribution in [0.2, 0.25) is 0 Å². The molecule has 3 amide bonds. The van der Waals surface area contributed by atoms with Crippen LogP contribution in [0, 0.1) is 5.92 Å². The Labute approximate surface area is 221 Å². The number of methoxy groups -OCH3 is 1. The van der Waals surface area contributed by atoms with E-state index in [4.69, 9.17) is 4.74 Å². The lowest BCUT2D eigenvalue weighted by Crippen LogP contribution is -2.57. The number of nitrogens with one attached hydrogen (secondary N) is 3. The van der Waals surface area contributed by atoms with Crippen LogP contribution in [-0.4, -0.2) is 49.6 Å². The summed E-state index contributed by atoms with van der Waals surface area (Å²) in [5.41, 5.74) is -0.549. The Morgan fingerprint density at radius 3 is 2.32 bits per heavy atom. The molecule has 4 heterocycles. The minimum atomic E-state index is -4.62. The first-order valence-electron chi connectivity index (χ1n) is 11.6. The highest BCUT2D eigenvalue weighted by Crippen LogP contribution is 2.38. The Balaban J connectivity index is 0.00000320. The Bertz CT molecular complexity index is 1310. The van der Waals surface area contributed by atoms with Crippen molar-refractivity contribution in [2.45, 2.75) is 25.1 Å². The number of hydrogen-bond donors (Lipinski definition) is 3. The van der Waals surface area contributed by atoms with Crippen LogP contribution in [0.25, 0.3) is 10.1 Å². The summed E-state index contributed by atoms with van der Waals surface area (Å²) in [7, 11) is 1.15. The first-order chi connectivity index (χ1) is 17.2. The van der Waals surface area contributed by atoms with Crippen LogP contribution >= 0.6 is 23.7 Å². The van der Waals surface area contributed by atoms with Crippen LogP contribution in [0.4, 0.5) is 29.3 Å². The Morgan fingerprint density at radius 1 is 1.03 bits per heavy atom. The van der Waals surface area contributed by atoms with E-state index in [0.717, 1.165) is 61.8 Å². The van der Waals surface area contributed by atoms with E-state index >= 15 is 0 Å². The van der Waals surface area contributed by atoms with Gasteiger partial charge in [-0.15, -0.1) is 23.7 Å². The van der Waals surface area contributed by atoms with Crippen LogP contribution in [0.5, 0.6) is 5.75 Å². The van der Waals surface area contributed by atoms with Crippen molar-refractivity contribution in [3.63, 3.8) is 0 Å². The summed E-state index contributed by atoms with van der Waals surface area (Å²) in [6.07, 6.45) is -2.40. The normalized spacial score (nSPS) is 20.7. The van der Waals surface area contributed by atoms with E-state index in [1.165, 1.54) is 17.4 Å². The van der Waals surface area contributed by atoms with Crippen LogP contribution in [0.3, 0.4) is 0 Å². The number of rotatable bonds is 5. The number of benzene rings is 2. The molecule has 3 N–H and O–H groups in total. The SMILES string of the molecule is COc1ccc(NC(=O)Nc2ccc3cc(C(=O)N[C@H]4CN5CCC4CC5)sc3c2)cc1C(F)(F)F.Cl. The van der Waals surface area contributed by atoms with Crippen molar-refractivity contribution in [3.8, 4) is 5.75 Å². The molecule has 1 atom stereocenters. The van der Waals surface area contributed by atoms with Crippen molar-refractivity contribution in [1.82, 2.24) is 10.2 Å². The highest BCUT2D eigenvalue weighted by molar-refractivity contribution is 7.20. The second-order valence-electron chi connectivity index (χ2n) is 9.07. The number of amides is 3. The lowest BCUT2D eigenvalue weighted by Gasteiger charge is -2.44. The predicted molar refractivity (Wildman–Crippen MR) is 140 cm³/mol. The number of ether oxygens (including phenoxy) is 1. The number of anilines is 2. The molecule has 12 heteroatoms. The third-order valence-corrected chi connectivity index (χ3v) is 7.83. The van der Waals surface area contributed by atoms with Gasteiger partial charge in [0.25, 0.3) is 5.91 Å². The zero-order chi connectivity index (χ0) is 25.4. The number of thiophene rings is 1. The van der Waals surface area contributed by atoms with Gasteiger partial charge < -0.3 is 25.6 Å². The number of carbonyl (C=O) groups excluding carboxylic acids is 2. The summed E-state index contributed by atoms with van der Waals surface area (Å²) >= 11 is 1.33. The van der Waals surface area contributed by atoms with Gasteiger partial charge >= 0.3 is 12.2 Å². The van der Waals surface area contributed by atoms with Gasteiger partial charge in [0.05, 0.1) is 17.6 Å². The molecule has 3 aliphatic heterocycles. The minimum Gasteiger partial charge on any atom is -0.496 e. The number of alkyl halides is 3. The third-order valence-electron chi connectivity index (χ3n) is 6.74. The predicted octanol–water partition coefficient (Wildman–Crippen LogP) is 5.82. The monoisotopic (exact) mass is 554 g/mol. The number of piperidine rings is 3. The van der Waals surface area contributed by atoms with E-state index in [1.807, 2.05) is 6.07 Å². The summed E-state index contributed by atoms with van der Waals surface area (Å²) in [5, 5.41) is 9.10. The van der Waals surface area contributed by atoms with E-state index in [2.05, 4.69) is 20.9 Å². The van der Waals surface area contributed by atoms with Gasteiger partial charge in [0.1, 0.15) is 5.75 Å². The van der Waals surface area contributed by atoms with Gasteiger partial charge in [0.15, 0.2) is 0 Å². The van der Waals surface area contributed by atoms with Crippen molar-refractivity contribution in [3.05, 3.63) is 52.9 Å². The van der Waals surface area contributed by atoms with E-state index < -0.39 is 17.8 Å². The molecule has 0 radical (unpaired) electrons. The van der Waals surface area contributed by atoms with Gasteiger partial charge in [-0.2, -0.15) is 13.2 Å². The maximum absolute atomic E-state index is 13.2. The molecule has 7 nitrogen and oxygen atoms in total. The van der Waals surface area contributed by atoms with Gasteiger partial charge in [-0.3, -0.25) is 4.79 Å². The molecule has 3 aliphatic rings. The smallest absolute Gasteiger partial charge is 0.420 e. The van der Waals surface area contributed by atoms with Crippen molar-refractivity contribution >= 4 is 57.1 Å². The third kappa shape index (κ3) is 5.94. The van der Waals surface area contributed by atoms with Crippen LogP contribution in [0.15, 0.2) is 42.5 Å². The lowest BCUT2D eigenvalue weighted by atomic mass is 9.84. The van der Waals surface area contributed by atoms with Gasteiger partial charge in [0.2, 0.25) is 0 Å². The average molecular weight is 555 g/mol. The fourth-order valence-electron chi connectivity index (χ4n) is 4.89. The molecular formula is C25H26ClF3N4O3S. The van der Waals surface area contributed by atoms with Gasteiger partial charge in [-0.1, -0.05) is 6.07 Å². The van der Waals surface area contributed by atoms with Crippen molar-refractivity contribution in [2.75, 3.05) is 37.4 Å². The first-order valence-corrected chi connectivity index (χ1v) is 12.4. The Hall–Kier alpha value is -3.02. The Morgan fingerprint density at radius 2 is 1.70 bits per heavy atom. The fourth-order valence-corrected chi connectivity index (χ4v) is 5.89.